The number of thioether (sulfide) groups is 1. The highest BCUT2D eigenvalue weighted by atomic mass is 32.2. The van der Waals surface area contributed by atoms with Crippen molar-refractivity contribution in [3.8, 4) is 0 Å². The van der Waals surface area contributed by atoms with Crippen molar-refractivity contribution < 1.29 is 19.1 Å². The van der Waals surface area contributed by atoms with Crippen molar-refractivity contribution in [1.82, 2.24) is 0 Å². The van der Waals surface area contributed by atoms with E-state index >= 15 is 0 Å². The van der Waals surface area contributed by atoms with E-state index in [1.165, 1.54) is 17.8 Å². The standard InChI is InChI=1S/C13H11NO4S/c14-12(15)9-3-1-8(2-4-9)7-19-11-6-5-10(18-11)13(16)17/h1-6H,7H2,(H2,14,15)(H,16,17). The summed E-state index contributed by atoms with van der Waals surface area (Å²) in [5, 5.41) is 9.26. The maximum atomic E-state index is 10.9. The van der Waals surface area contributed by atoms with E-state index in [-0.39, 0.29) is 5.76 Å². The Morgan fingerprint density at radius 3 is 2.37 bits per heavy atom. The van der Waals surface area contributed by atoms with Gasteiger partial charge in [-0.25, -0.2) is 4.79 Å². The molecule has 0 saturated heterocycles. The van der Waals surface area contributed by atoms with E-state index in [2.05, 4.69) is 0 Å². The van der Waals surface area contributed by atoms with E-state index in [0.29, 0.717) is 16.4 Å². The molecule has 0 aliphatic heterocycles. The Kier molecular flexibility index (Phi) is 3.91. The molecule has 0 fully saturated rings. The first-order valence-corrected chi connectivity index (χ1v) is 6.39. The molecule has 6 heteroatoms. The molecule has 0 atom stereocenters. The second-order valence-electron chi connectivity index (χ2n) is 3.77. The average Bonchev–Trinajstić information content (AvgIpc) is 2.86. The molecular formula is C13H11NO4S. The molecule has 0 bridgehead atoms. The van der Waals surface area contributed by atoms with Crippen LogP contribution in [0.2, 0.25) is 0 Å². The maximum Gasteiger partial charge on any atom is 0.371 e. The van der Waals surface area contributed by atoms with E-state index in [0.717, 1.165) is 5.56 Å². The van der Waals surface area contributed by atoms with Crippen molar-refractivity contribution in [2.75, 3.05) is 0 Å². The lowest BCUT2D eigenvalue weighted by Gasteiger charge is -2.00. The molecule has 1 amide bonds. The fraction of sp³-hybridized carbons (Fsp3) is 0.0769. The van der Waals surface area contributed by atoms with Crippen LogP contribution in [0.5, 0.6) is 0 Å². The molecule has 1 heterocycles. The van der Waals surface area contributed by atoms with Crippen molar-refractivity contribution in [1.29, 1.82) is 0 Å². The molecule has 0 aliphatic carbocycles. The first-order valence-electron chi connectivity index (χ1n) is 5.41. The van der Waals surface area contributed by atoms with Crippen LogP contribution in [0.4, 0.5) is 0 Å². The molecule has 0 spiro atoms. The van der Waals surface area contributed by atoms with Crippen LogP contribution in [0.25, 0.3) is 0 Å². The van der Waals surface area contributed by atoms with Crippen LogP contribution in [0.15, 0.2) is 45.9 Å². The largest absolute Gasteiger partial charge is 0.475 e. The molecule has 0 radical (unpaired) electrons. The molecule has 19 heavy (non-hydrogen) atoms. The summed E-state index contributed by atoms with van der Waals surface area (Å²) >= 11 is 1.38. The van der Waals surface area contributed by atoms with E-state index in [9.17, 15) is 9.59 Å². The van der Waals surface area contributed by atoms with Crippen LogP contribution < -0.4 is 5.73 Å². The number of carboxylic acids is 1. The van der Waals surface area contributed by atoms with Crippen molar-refractivity contribution in [3.05, 3.63) is 53.3 Å². The third-order valence-electron chi connectivity index (χ3n) is 2.41. The summed E-state index contributed by atoms with van der Waals surface area (Å²) in [5.41, 5.74) is 6.59. The minimum atomic E-state index is -1.09. The number of carboxylic acid groups (broad SMARTS) is 1. The van der Waals surface area contributed by atoms with Crippen LogP contribution >= 0.6 is 11.8 Å². The van der Waals surface area contributed by atoms with E-state index < -0.39 is 11.9 Å². The molecule has 1 aromatic heterocycles. The van der Waals surface area contributed by atoms with Crippen molar-refractivity contribution in [2.45, 2.75) is 10.8 Å². The summed E-state index contributed by atoms with van der Waals surface area (Å²) in [4.78, 5) is 21.5. The number of furan rings is 1. The molecule has 0 unspecified atom stereocenters. The molecule has 2 rings (SSSR count). The number of hydrogen-bond acceptors (Lipinski definition) is 4. The molecule has 3 N–H and O–H groups in total. The predicted molar refractivity (Wildman–Crippen MR) is 70.2 cm³/mol. The predicted octanol–water partition coefficient (Wildman–Crippen LogP) is 2.37. The first-order chi connectivity index (χ1) is 9.06. The van der Waals surface area contributed by atoms with Gasteiger partial charge in [0.2, 0.25) is 11.7 Å². The number of carbonyl (C=O) groups is 2. The van der Waals surface area contributed by atoms with Gasteiger partial charge in [0, 0.05) is 11.3 Å². The Balaban J connectivity index is 1.97. The maximum absolute atomic E-state index is 10.9. The number of nitrogens with two attached hydrogens (primary N) is 1. The molecule has 0 aliphatic rings. The van der Waals surface area contributed by atoms with Gasteiger partial charge in [0.25, 0.3) is 0 Å². The van der Waals surface area contributed by atoms with Gasteiger partial charge in [-0.1, -0.05) is 23.9 Å². The third kappa shape index (κ3) is 3.38. The van der Waals surface area contributed by atoms with Crippen LogP contribution in [0, 0.1) is 0 Å². The van der Waals surface area contributed by atoms with Gasteiger partial charge in [0.05, 0.1) is 0 Å². The number of benzene rings is 1. The highest BCUT2D eigenvalue weighted by Crippen LogP contribution is 2.25. The highest BCUT2D eigenvalue weighted by Gasteiger charge is 2.09. The van der Waals surface area contributed by atoms with Gasteiger partial charge in [-0.05, 0) is 29.8 Å². The van der Waals surface area contributed by atoms with Gasteiger partial charge in [-0.15, -0.1) is 0 Å². The monoisotopic (exact) mass is 277 g/mol. The number of primary amides is 1. The second-order valence-corrected chi connectivity index (χ2v) is 4.75. The van der Waals surface area contributed by atoms with Gasteiger partial charge in [0.1, 0.15) is 0 Å². The van der Waals surface area contributed by atoms with Crippen LogP contribution in [0.1, 0.15) is 26.5 Å². The van der Waals surface area contributed by atoms with Crippen molar-refractivity contribution >= 4 is 23.6 Å². The van der Waals surface area contributed by atoms with Crippen molar-refractivity contribution in [3.63, 3.8) is 0 Å². The Bertz CT molecular complexity index is 603. The molecule has 1 aromatic carbocycles. The SMILES string of the molecule is NC(=O)c1ccc(CSc2ccc(C(=O)O)o2)cc1. The number of amides is 1. The summed E-state index contributed by atoms with van der Waals surface area (Å²) in [5.74, 6) is -1.01. The first kappa shape index (κ1) is 13.2. The minimum absolute atomic E-state index is 0.0772. The summed E-state index contributed by atoms with van der Waals surface area (Å²) in [6.45, 7) is 0. The van der Waals surface area contributed by atoms with Gasteiger partial charge < -0.3 is 15.3 Å². The zero-order valence-electron chi connectivity index (χ0n) is 9.83. The van der Waals surface area contributed by atoms with E-state index in [1.807, 2.05) is 0 Å². The smallest absolute Gasteiger partial charge is 0.371 e. The number of hydrogen-bond donors (Lipinski definition) is 2. The van der Waals surface area contributed by atoms with Gasteiger partial charge in [0.15, 0.2) is 5.09 Å². The quantitative estimate of drug-likeness (QED) is 0.818. The van der Waals surface area contributed by atoms with Crippen LogP contribution in [-0.2, 0) is 5.75 Å². The summed E-state index contributed by atoms with van der Waals surface area (Å²) in [6, 6.07) is 9.95. The topological polar surface area (TPSA) is 93.5 Å². The van der Waals surface area contributed by atoms with Crippen LogP contribution in [0.3, 0.4) is 0 Å². The Morgan fingerprint density at radius 1 is 1.16 bits per heavy atom. The van der Waals surface area contributed by atoms with E-state index in [1.54, 1.807) is 30.3 Å². The fourth-order valence-electron chi connectivity index (χ4n) is 1.43. The summed E-state index contributed by atoms with van der Waals surface area (Å²) in [7, 11) is 0. The average molecular weight is 277 g/mol. The van der Waals surface area contributed by atoms with Gasteiger partial charge in [-0.3, -0.25) is 4.79 Å². The van der Waals surface area contributed by atoms with Gasteiger partial charge in [-0.2, -0.15) is 0 Å². The second kappa shape index (κ2) is 5.62. The number of rotatable bonds is 5. The molecule has 5 nitrogen and oxygen atoms in total. The third-order valence-corrected chi connectivity index (χ3v) is 3.39. The Labute approximate surface area is 113 Å². The lowest BCUT2D eigenvalue weighted by molar-refractivity contribution is 0.0656. The highest BCUT2D eigenvalue weighted by molar-refractivity contribution is 7.98. The molecular weight excluding hydrogens is 266 g/mol. The zero-order chi connectivity index (χ0) is 13.8. The molecule has 2 aromatic rings. The zero-order valence-corrected chi connectivity index (χ0v) is 10.6. The lowest BCUT2D eigenvalue weighted by atomic mass is 10.1. The normalized spacial score (nSPS) is 10.3. The minimum Gasteiger partial charge on any atom is -0.475 e. The van der Waals surface area contributed by atoms with Crippen LogP contribution in [-0.4, -0.2) is 17.0 Å². The summed E-state index contributed by atoms with van der Waals surface area (Å²) in [6.07, 6.45) is 0. The van der Waals surface area contributed by atoms with E-state index in [4.69, 9.17) is 15.3 Å². The number of carbonyl (C=O) groups excluding carboxylic acids is 1. The van der Waals surface area contributed by atoms with Crippen molar-refractivity contribution in [2.24, 2.45) is 5.73 Å². The molecule has 98 valence electrons. The lowest BCUT2D eigenvalue weighted by Crippen LogP contribution is -2.10. The summed E-state index contributed by atoms with van der Waals surface area (Å²) < 4.78 is 5.12. The Morgan fingerprint density at radius 2 is 1.84 bits per heavy atom. The number of aromatic carboxylic acids is 1. The Hall–Kier alpha value is -2.21. The fourth-order valence-corrected chi connectivity index (χ4v) is 2.25. The van der Waals surface area contributed by atoms with Gasteiger partial charge >= 0.3 is 5.97 Å². The molecule has 0 saturated carbocycles.